The first-order valence-corrected chi connectivity index (χ1v) is 4.76. The molecule has 0 aromatic heterocycles. The third-order valence-electron chi connectivity index (χ3n) is 0.536. The quantitative estimate of drug-likeness (QED) is 0.609. The molecule has 0 bridgehead atoms. The number of rotatable bonds is 5. The predicted octanol–water partition coefficient (Wildman–Crippen LogP) is 1.14. The van der Waals surface area contributed by atoms with Crippen LogP contribution in [0.4, 0.5) is 0 Å². The molecule has 2 nitrogen and oxygen atoms in total. The lowest BCUT2D eigenvalue weighted by atomic mass is 10.9. The summed E-state index contributed by atoms with van der Waals surface area (Å²) < 4.78 is 15.2. The van der Waals surface area contributed by atoms with E-state index in [4.69, 9.17) is 23.2 Å². The Kier molecular flexibility index (Phi) is 7.33. The fraction of sp³-hybridized carbons (Fsp3) is 1.00. The molecule has 0 saturated carbocycles. The first-order chi connectivity index (χ1) is 4.31. The fourth-order valence-electron chi connectivity index (χ4n) is 0.246. The molecule has 9 heavy (non-hydrogen) atoms. The number of hydrogen-bond donors (Lipinski definition) is 0. The Morgan fingerprint density at radius 2 is 2.00 bits per heavy atom. The second kappa shape index (κ2) is 6.81. The molecular weight excluding hydrogens is 183 g/mol. The molecule has 0 saturated heterocycles. The molecule has 1 atom stereocenters. The number of hydrogen-bond acceptors (Lipinski definition) is 2. The second-order valence-electron chi connectivity index (χ2n) is 1.21. The SMILES string of the molecule is O=S(CCCl)OCCCl. The van der Waals surface area contributed by atoms with E-state index in [-0.39, 0.29) is 0 Å². The molecule has 5 heteroatoms. The van der Waals surface area contributed by atoms with Crippen LogP contribution in [0.1, 0.15) is 0 Å². The lowest BCUT2D eigenvalue weighted by Gasteiger charge is -1.96. The summed E-state index contributed by atoms with van der Waals surface area (Å²) in [6.07, 6.45) is 0. The molecule has 0 aromatic carbocycles. The van der Waals surface area contributed by atoms with Gasteiger partial charge in [0, 0.05) is 11.8 Å². The van der Waals surface area contributed by atoms with Crippen LogP contribution < -0.4 is 0 Å². The highest BCUT2D eigenvalue weighted by Crippen LogP contribution is 1.88. The van der Waals surface area contributed by atoms with Crippen LogP contribution in [0.3, 0.4) is 0 Å². The van der Waals surface area contributed by atoms with Crippen molar-refractivity contribution in [1.29, 1.82) is 0 Å². The van der Waals surface area contributed by atoms with Crippen molar-refractivity contribution in [2.45, 2.75) is 0 Å². The molecule has 0 N–H and O–H groups in total. The van der Waals surface area contributed by atoms with E-state index in [0.29, 0.717) is 24.1 Å². The molecule has 0 amide bonds. The minimum absolute atomic E-state index is 0.324. The van der Waals surface area contributed by atoms with E-state index in [1.165, 1.54) is 0 Å². The fourth-order valence-corrected chi connectivity index (χ4v) is 1.31. The first kappa shape index (κ1) is 9.69. The van der Waals surface area contributed by atoms with Gasteiger partial charge in [-0.25, -0.2) is 4.21 Å². The van der Waals surface area contributed by atoms with E-state index in [1.54, 1.807) is 0 Å². The Balaban J connectivity index is 3.06. The monoisotopic (exact) mass is 190 g/mol. The molecular formula is C4H8Cl2O2S. The average molecular weight is 191 g/mol. The van der Waals surface area contributed by atoms with Gasteiger partial charge < -0.3 is 0 Å². The summed E-state index contributed by atoms with van der Waals surface area (Å²) in [6, 6.07) is 0. The minimum Gasteiger partial charge on any atom is -0.289 e. The first-order valence-electron chi connectivity index (χ1n) is 2.45. The molecule has 0 heterocycles. The van der Waals surface area contributed by atoms with E-state index < -0.39 is 11.1 Å². The highest BCUT2D eigenvalue weighted by atomic mass is 35.5. The predicted molar refractivity (Wildman–Crippen MR) is 40.4 cm³/mol. The van der Waals surface area contributed by atoms with Gasteiger partial charge in [-0.2, -0.15) is 0 Å². The van der Waals surface area contributed by atoms with Crippen LogP contribution in [-0.4, -0.2) is 28.3 Å². The maximum Gasteiger partial charge on any atom is 0.156 e. The van der Waals surface area contributed by atoms with Crippen molar-refractivity contribution >= 4 is 34.3 Å². The maximum absolute atomic E-state index is 10.5. The molecule has 0 aliphatic carbocycles. The Morgan fingerprint density at radius 3 is 2.44 bits per heavy atom. The van der Waals surface area contributed by atoms with Crippen LogP contribution in [0.15, 0.2) is 0 Å². The molecule has 56 valence electrons. The lowest BCUT2D eigenvalue weighted by Crippen LogP contribution is -2.04. The van der Waals surface area contributed by atoms with Gasteiger partial charge in [-0.15, -0.1) is 23.2 Å². The van der Waals surface area contributed by atoms with Crippen LogP contribution in [0, 0.1) is 0 Å². The standard InChI is InChI=1S/C4H8Cl2O2S/c5-1-3-8-9(7)4-2-6/h1-4H2. The van der Waals surface area contributed by atoms with Crippen molar-refractivity contribution in [3.63, 3.8) is 0 Å². The van der Waals surface area contributed by atoms with Crippen LogP contribution in [0.5, 0.6) is 0 Å². The van der Waals surface area contributed by atoms with Crippen LogP contribution in [-0.2, 0) is 15.3 Å². The van der Waals surface area contributed by atoms with Gasteiger partial charge in [-0.05, 0) is 0 Å². The Hall–Kier alpha value is 0.690. The average Bonchev–Trinajstić information content (AvgIpc) is 1.85. The zero-order valence-corrected chi connectivity index (χ0v) is 7.14. The van der Waals surface area contributed by atoms with Crippen LogP contribution >= 0.6 is 23.2 Å². The normalized spacial score (nSPS) is 13.6. The molecule has 0 aromatic rings. The van der Waals surface area contributed by atoms with Gasteiger partial charge in [-0.1, -0.05) is 0 Å². The lowest BCUT2D eigenvalue weighted by molar-refractivity contribution is 0.375. The van der Waals surface area contributed by atoms with Crippen molar-refractivity contribution in [3.05, 3.63) is 0 Å². The van der Waals surface area contributed by atoms with Gasteiger partial charge in [0.15, 0.2) is 11.1 Å². The van der Waals surface area contributed by atoms with E-state index in [0.717, 1.165) is 0 Å². The Labute approximate surface area is 67.1 Å². The minimum atomic E-state index is -1.24. The smallest absolute Gasteiger partial charge is 0.156 e. The van der Waals surface area contributed by atoms with Crippen molar-refractivity contribution in [2.24, 2.45) is 0 Å². The van der Waals surface area contributed by atoms with Gasteiger partial charge in [0.25, 0.3) is 0 Å². The Bertz CT molecular complexity index is 88.6. The summed E-state index contributed by atoms with van der Waals surface area (Å²) in [7, 11) is 0. The summed E-state index contributed by atoms with van der Waals surface area (Å²) >= 11 is 9.29. The molecule has 1 unspecified atom stereocenters. The molecule has 0 aliphatic heterocycles. The highest BCUT2D eigenvalue weighted by molar-refractivity contribution is 7.80. The van der Waals surface area contributed by atoms with Crippen molar-refractivity contribution in [3.8, 4) is 0 Å². The number of halogens is 2. The van der Waals surface area contributed by atoms with Crippen molar-refractivity contribution < 1.29 is 8.39 Å². The zero-order valence-electron chi connectivity index (χ0n) is 4.81. The van der Waals surface area contributed by atoms with Crippen molar-refractivity contribution in [2.75, 3.05) is 24.1 Å². The third-order valence-corrected chi connectivity index (χ3v) is 2.07. The van der Waals surface area contributed by atoms with Gasteiger partial charge >= 0.3 is 0 Å². The van der Waals surface area contributed by atoms with Gasteiger partial charge in [0.2, 0.25) is 0 Å². The van der Waals surface area contributed by atoms with Gasteiger partial charge in [-0.3, -0.25) is 4.18 Å². The molecule has 0 radical (unpaired) electrons. The third kappa shape index (κ3) is 6.58. The number of alkyl halides is 2. The Morgan fingerprint density at radius 1 is 1.33 bits per heavy atom. The summed E-state index contributed by atoms with van der Waals surface area (Å²) in [5, 5.41) is 0. The largest absolute Gasteiger partial charge is 0.289 e. The van der Waals surface area contributed by atoms with E-state index in [9.17, 15) is 4.21 Å². The molecule has 0 fully saturated rings. The summed E-state index contributed by atoms with van der Waals surface area (Å²) in [5.41, 5.74) is 0. The summed E-state index contributed by atoms with van der Waals surface area (Å²) in [6.45, 7) is 0.324. The van der Waals surface area contributed by atoms with Crippen LogP contribution in [0.2, 0.25) is 0 Å². The molecule has 0 rings (SSSR count). The topological polar surface area (TPSA) is 26.3 Å². The maximum atomic E-state index is 10.5. The van der Waals surface area contributed by atoms with E-state index >= 15 is 0 Å². The van der Waals surface area contributed by atoms with Crippen LogP contribution in [0.25, 0.3) is 0 Å². The highest BCUT2D eigenvalue weighted by Gasteiger charge is 1.95. The summed E-state index contributed by atoms with van der Waals surface area (Å²) in [4.78, 5) is 0. The van der Waals surface area contributed by atoms with E-state index in [1.807, 2.05) is 0 Å². The second-order valence-corrected chi connectivity index (χ2v) is 3.22. The van der Waals surface area contributed by atoms with E-state index in [2.05, 4.69) is 4.18 Å². The van der Waals surface area contributed by atoms with Gasteiger partial charge in [0.1, 0.15) is 0 Å². The molecule has 0 spiro atoms. The van der Waals surface area contributed by atoms with Crippen molar-refractivity contribution in [1.82, 2.24) is 0 Å². The summed E-state index contributed by atoms with van der Waals surface area (Å²) in [5.74, 6) is 1.10. The van der Waals surface area contributed by atoms with Gasteiger partial charge in [0.05, 0.1) is 12.4 Å². The zero-order chi connectivity index (χ0) is 7.11. The molecule has 0 aliphatic rings.